The number of hydrogen-bond donors (Lipinski definition) is 1. The van der Waals surface area contributed by atoms with Crippen molar-refractivity contribution in [2.75, 3.05) is 13.1 Å². The Morgan fingerprint density at radius 1 is 1.45 bits per heavy atom. The Morgan fingerprint density at radius 2 is 2.27 bits per heavy atom. The number of carbonyl (C=O) groups is 1. The lowest BCUT2D eigenvalue weighted by atomic mass is 9.96. The summed E-state index contributed by atoms with van der Waals surface area (Å²) in [6.07, 6.45) is 5.12. The first-order valence-corrected chi connectivity index (χ1v) is 7.39. The van der Waals surface area contributed by atoms with Gasteiger partial charge in [-0.15, -0.1) is 0 Å². The number of nitrogens with one attached hydrogen (secondary N) is 1. The number of aromatic amines is 1. The van der Waals surface area contributed by atoms with E-state index in [9.17, 15) is 9.59 Å². The van der Waals surface area contributed by atoms with Crippen LogP contribution in [-0.4, -0.2) is 43.6 Å². The lowest BCUT2D eigenvalue weighted by molar-refractivity contribution is 0.0704. The van der Waals surface area contributed by atoms with Gasteiger partial charge in [-0.2, -0.15) is 5.10 Å². The number of aryl methyl sites for hydroxylation is 2. The van der Waals surface area contributed by atoms with Gasteiger partial charge in [0.05, 0.1) is 11.8 Å². The Morgan fingerprint density at radius 3 is 2.95 bits per heavy atom. The molecule has 1 aliphatic heterocycles. The fourth-order valence-electron chi connectivity index (χ4n) is 2.89. The van der Waals surface area contributed by atoms with Gasteiger partial charge >= 0.3 is 0 Å². The number of H-pyrrole nitrogens is 1. The predicted molar refractivity (Wildman–Crippen MR) is 80.7 cm³/mol. The van der Waals surface area contributed by atoms with Crippen molar-refractivity contribution < 1.29 is 4.79 Å². The first-order valence-electron chi connectivity index (χ1n) is 7.39. The molecule has 0 bridgehead atoms. The molecule has 7 nitrogen and oxygen atoms in total. The zero-order valence-corrected chi connectivity index (χ0v) is 12.7. The minimum absolute atomic E-state index is 0.0206. The first-order chi connectivity index (χ1) is 10.5. The highest BCUT2D eigenvalue weighted by molar-refractivity contribution is 5.93. The van der Waals surface area contributed by atoms with Crippen molar-refractivity contribution in [1.29, 1.82) is 0 Å². The van der Waals surface area contributed by atoms with Gasteiger partial charge in [0, 0.05) is 44.0 Å². The van der Waals surface area contributed by atoms with Gasteiger partial charge in [0.15, 0.2) is 0 Å². The monoisotopic (exact) mass is 301 g/mol. The summed E-state index contributed by atoms with van der Waals surface area (Å²) in [6, 6.07) is 1.48. The maximum absolute atomic E-state index is 12.5. The molecule has 1 fully saturated rings. The molecule has 2 aromatic heterocycles. The average molecular weight is 301 g/mol. The van der Waals surface area contributed by atoms with E-state index in [4.69, 9.17) is 0 Å². The largest absolute Gasteiger partial charge is 0.338 e. The zero-order valence-electron chi connectivity index (χ0n) is 12.7. The fourth-order valence-corrected chi connectivity index (χ4v) is 2.89. The van der Waals surface area contributed by atoms with Crippen molar-refractivity contribution in [3.63, 3.8) is 0 Å². The van der Waals surface area contributed by atoms with Gasteiger partial charge < -0.3 is 9.88 Å². The van der Waals surface area contributed by atoms with Crippen molar-refractivity contribution in [3.8, 4) is 0 Å². The van der Waals surface area contributed by atoms with Gasteiger partial charge in [-0.1, -0.05) is 0 Å². The number of aromatic nitrogens is 4. The van der Waals surface area contributed by atoms with Gasteiger partial charge in [0.1, 0.15) is 5.82 Å². The number of nitrogens with zero attached hydrogens (tertiary/aromatic N) is 4. The van der Waals surface area contributed by atoms with E-state index in [1.807, 2.05) is 4.90 Å². The third-order valence-corrected chi connectivity index (χ3v) is 3.94. The lowest BCUT2D eigenvalue weighted by Gasteiger charge is -2.32. The normalized spacial score (nSPS) is 18.5. The van der Waals surface area contributed by atoms with Crippen molar-refractivity contribution >= 4 is 5.91 Å². The molecule has 1 amide bonds. The van der Waals surface area contributed by atoms with Crippen molar-refractivity contribution in [2.45, 2.75) is 25.7 Å². The van der Waals surface area contributed by atoms with Crippen LogP contribution in [0.1, 0.15) is 40.6 Å². The van der Waals surface area contributed by atoms with E-state index in [1.54, 1.807) is 31.0 Å². The summed E-state index contributed by atoms with van der Waals surface area (Å²) in [6.45, 7) is 3.10. The molecule has 1 N–H and O–H groups in total. The van der Waals surface area contributed by atoms with Crippen LogP contribution in [0, 0.1) is 6.92 Å². The van der Waals surface area contributed by atoms with E-state index in [0.29, 0.717) is 23.6 Å². The zero-order chi connectivity index (χ0) is 15.7. The van der Waals surface area contributed by atoms with Crippen molar-refractivity contribution in [1.82, 2.24) is 24.6 Å². The van der Waals surface area contributed by atoms with Gasteiger partial charge in [0.25, 0.3) is 11.5 Å². The van der Waals surface area contributed by atoms with Crippen LogP contribution in [0.2, 0.25) is 0 Å². The first kappa shape index (κ1) is 14.5. The van der Waals surface area contributed by atoms with Crippen molar-refractivity contribution in [2.24, 2.45) is 7.05 Å². The van der Waals surface area contributed by atoms with Crippen LogP contribution >= 0.6 is 0 Å². The Balaban J connectivity index is 1.79. The second kappa shape index (κ2) is 5.75. The van der Waals surface area contributed by atoms with E-state index < -0.39 is 0 Å². The van der Waals surface area contributed by atoms with E-state index in [-0.39, 0.29) is 17.4 Å². The van der Waals surface area contributed by atoms with Gasteiger partial charge in [-0.05, 0) is 19.8 Å². The molecular weight excluding hydrogens is 282 g/mol. The third kappa shape index (κ3) is 2.93. The summed E-state index contributed by atoms with van der Waals surface area (Å²) in [4.78, 5) is 33.1. The van der Waals surface area contributed by atoms with Crippen molar-refractivity contribution in [3.05, 3.63) is 45.9 Å². The lowest BCUT2D eigenvalue weighted by Crippen LogP contribution is -2.39. The Hall–Kier alpha value is -2.44. The number of piperidine rings is 1. The minimum atomic E-state index is -0.141. The molecule has 0 aliphatic carbocycles. The van der Waals surface area contributed by atoms with Crippen LogP contribution in [0.15, 0.2) is 23.3 Å². The molecule has 3 heterocycles. The summed E-state index contributed by atoms with van der Waals surface area (Å²) in [7, 11) is 1.79. The minimum Gasteiger partial charge on any atom is -0.338 e. The van der Waals surface area contributed by atoms with E-state index in [2.05, 4.69) is 15.1 Å². The fraction of sp³-hybridized carbons (Fsp3) is 0.467. The summed E-state index contributed by atoms with van der Waals surface area (Å²) < 4.78 is 1.62. The SMILES string of the molecule is Cc1cc(=O)[nH]c([C@H]2CCCN(C(=O)c3cnn(C)c3)C2)n1. The number of likely N-dealkylation sites (tertiary alicyclic amines) is 1. The van der Waals surface area contributed by atoms with Crippen LogP contribution in [0.25, 0.3) is 0 Å². The standard InChI is InChI=1S/C15H19N5O2/c1-10-6-13(21)18-14(17-10)11-4-3-5-20(9-11)15(22)12-7-16-19(2)8-12/h6-8,11H,3-5,9H2,1-2H3,(H,17,18,21)/t11-/m0/s1. The van der Waals surface area contributed by atoms with Crippen LogP contribution in [0.4, 0.5) is 0 Å². The highest BCUT2D eigenvalue weighted by Gasteiger charge is 2.27. The number of amides is 1. The Kier molecular flexibility index (Phi) is 3.79. The number of hydrogen-bond acceptors (Lipinski definition) is 4. The molecule has 0 spiro atoms. The summed E-state index contributed by atoms with van der Waals surface area (Å²) in [5.74, 6) is 0.725. The second-order valence-corrected chi connectivity index (χ2v) is 5.77. The molecular formula is C15H19N5O2. The molecule has 7 heteroatoms. The molecule has 116 valence electrons. The van der Waals surface area contributed by atoms with Crippen LogP contribution in [-0.2, 0) is 7.05 Å². The van der Waals surface area contributed by atoms with Crippen LogP contribution < -0.4 is 5.56 Å². The van der Waals surface area contributed by atoms with Crippen LogP contribution in [0.3, 0.4) is 0 Å². The van der Waals surface area contributed by atoms with E-state index in [1.165, 1.54) is 6.07 Å². The Labute approximate surface area is 128 Å². The summed E-state index contributed by atoms with van der Waals surface area (Å²) in [5.41, 5.74) is 1.15. The maximum atomic E-state index is 12.5. The van der Waals surface area contributed by atoms with Gasteiger partial charge in [0.2, 0.25) is 0 Å². The Bertz CT molecular complexity index is 748. The smallest absolute Gasteiger partial charge is 0.257 e. The third-order valence-electron chi connectivity index (χ3n) is 3.94. The van der Waals surface area contributed by atoms with Gasteiger partial charge in [-0.25, -0.2) is 4.98 Å². The molecule has 0 radical (unpaired) electrons. The maximum Gasteiger partial charge on any atom is 0.257 e. The number of rotatable bonds is 2. The average Bonchev–Trinajstić information content (AvgIpc) is 2.92. The molecule has 1 saturated heterocycles. The molecule has 0 aromatic carbocycles. The number of carbonyl (C=O) groups excluding carboxylic acids is 1. The second-order valence-electron chi connectivity index (χ2n) is 5.77. The predicted octanol–water partition coefficient (Wildman–Crippen LogP) is 0.832. The summed E-state index contributed by atoms with van der Waals surface area (Å²) >= 11 is 0. The molecule has 3 rings (SSSR count). The molecule has 0 saturated carbocycles. The molecule has 22 heavy (non-hydrogen) atoms. The quantitative estimate of drug-likeness (QED) is 0.890. The molecule has 1 aliphatic rings. The highest BCUT2D eigenvalue weighted by atomic mass is 16.2. The van der Waals surface area contributed by atoms with Gasteiger partial charge in [-0.3, -0.25) is 14.3 Å². The molecule has 0 unspecified atom stereocenters. The summed E-state index contributed by atoms with van der Waals surface area (Å²) in [5, 5.41) is 4.04. The topological polar surface area (TPSA) is 83.9 Å². The molecule has 2 aromatic rings. The van der Waals surface area contributed by atoms with Crippen LogP contribution in [0.5, 0.6) is 0 Å². The van der Waals surface area contributed by atoms with E-state index >= 15 is 0 Å². The van der Waals surface area contributed by atoms with E-state index in [0.717, 1.165) is 19.4 Å². The highest BCUT2D eigenvalue weighted by Crippen LogP contribution is 2.25. The molecule has 1 atom stereocenters.